The SMILES string of the molecule is CC(C#N)CN(C)C(=O)/C=C/c1ccc2c(c1)CCO2. The highest BCUT2D eigenvalue weighted by atomic mass is 16.5. The molecule has 4 nitrogen and oxygen atoms in total. The molecule has 1 atom stereocenters. The second-order valence-electron chi connectivity index (χ2n) is 5.05. The Hall–Kier alpha value is -2.28. The van der Waals surface area contributed by atoms with Crippen LogP contribution in [0.5, 0.6) is 5.75 Å². The first kappa shape index (κ1) is 14.1. The molecule has 0 spiro atoms. The van der Waals surface area contributed by atoms with Crippen LogP contribution in [0, 0.1) is 17.2 Å². The van der Waals surface area contributed by atoms with Crippen molar-refractivity contribution in [2.75, 3.05) is 20.2 Å². The van der Waals surface area contributed by atoms with Crippen molar-refractivity contribution in [1.29, 1.82) is 5.26 Å². The van der Waals surface area contributed by atoms with Gasteiger partial charge in [0.05, 0.1) is 18.6 Å². The molecule has 20 heavy (non-hydrogen) atoms. The molecule has 1 heterocycles. The molecule has 0 fully saturated rings. The van der Waals surface area contributed by atoms with E-state index in [2.05, 4.69) is 6.07 Å². The summed E-state index contributed by atoms with van der Waals surface area (Å²) >= 11 is 0. The Morgan fingerprint density at radius 1 is 1.60 bits per heavy atom. The van der Waals surface area contributed by atoms with Gasteiger partial charge < -0.3 is 9.64 Å². The van der Waals surface area contributed by atoms with Gasteiger partial charge in [0.25, 0.3) is 0 Å². The van der Waals surface area contributed by atoms with Crippen LogP contribution < -0.4 is 4.74 Å². The van der Waals surface area contributed by atoms with Gasteiger partial charge in [-0.25, -0.2) is 0 Å². The highest BCUT2D eigenvalue weighted by molar-refractivity contribution is 5.91. The Kier molecular flexibility index (Phi) is 4.41. The van der Waals surface area contributed by atoms with Gasteiger partial charge in [0, 0.05) is 26.1 Å². The highest BCUT2D eigenvalue weighted by Gasteiger charge is 2.12. The van der Waals surface area contributed by atoms with E-state index in [9.17, 15) is 4.79 Å². The van der Waals surface area contributed by atoms with Gasteiger partial charge in [0.15, 0.2) is 0 Å². The van der Waals surface area contributed by atoms with Crippen LogP contribution in [0.1, 0.15) is 18.1 Å². The summed E-state index contributed by atoms with van der Waals surface area (Å²) in [6.45, 7) is 2.97. The van der Waals surface area contributed by atoms with Gasteiger partial charge in [-0.3, -0.25) is 4.79 Å². The van der Waals surface area contributed by atoms with E-state index in [1.807, 2.05) is 18.2 Å². The number of rotatable bonds is 4. The zero-order valence-corrected chi connectivity index (χ0v) is 11.8. The van der Waals surface area contributed by atoms with E-state index >= 15 is 0 Å². The summed E-state index contributed by atoms with van der Waals surface area (Å²) in [4.78, 5) is 13.5. The van der Waals surface area contributed by atoms with Gasteiger partial charge in [-0.05, 0) is 36.3 Å². The monoisotopic (exact) mass is 270 g/mol. The molecule has 1 aromatic carbocycles. The summed E-state index contributed by atoms with van der Waals surface area (Å²) in [5.74, 6) is 0.687. The lowest BCUT2D eigenvalue weighted by atomic mass is 10.1. The first-order chi connectivity index (χ1) is 9.60. The molecule has 0 aromatic heterocycles. The fourth-order valence-corrected chi connectivity index (χ4v) is 2.15. The molecule has 0 saturated carbocycles. The lowest BCUT2D eigenvalue weighted by Gasteiger charge is -2.15. The minimum absolute atomic E-state index is 0.0937. The number of amides is 1. The normalized spacial score (nSPS) is 14.4. The molecule has 1 unspecified atom stereocenters. The zero-order chi connectivity index (χ0) is 14.5. The fourth-order valence-electron chi connectivity index (χ4n) is 2.15. The molecule has 4 heteroatoms. The van der Waals surface area contributed by atoms with Crippen LogP contribution >= 0.6 is 0 Å². The first-order valence-corrected chi connectivity index (χ1v) is 6.68. The highest BCUT2D eigenvalue weighted by Crippen LogP contribution is 2.26. The fraction of sp³-hybridized carbons (Fsp3) is 0.375. The van der Waals surface area contributed by atoms with E-state index in [1.54, 1.807) is 31.0 Å². The summed E-state index contributed by atoms with van der Waals surface area (Å²) < 4.78 is 5.44. The third kappa shape index (κ3) is 3.39. The second-order valence-corrected chi connectivity index (χ2v) is 5.05. The van der Waals surface area contributed by atoms with E-state index in [0.29, 0.717) is 6.54 Å². The number of fused-ring (bicyclic) bond motifs is 1. The predicted molar refractivity (Wildman–Crippen MR) is 77.1 cm³/mol. The van der Waals surface area contributed by atoms with Crippen LogP contribution in [0.4, 0.5) is 0 Å². The average molecular weight is 270 g/mol. The van der Waals surface area contributed by atoms with Crippen molar-refractivity contribution < 1.29 is 9.53 Å². The van der Waals surface area contributed by atoms with E-state index in [-0.39, 0.29) is 11.8 Å². The van der Waals surface area contributed by atoms with Crippen molar-refractivity contribution in [2.24, 2.45) is 5.92 Å². The Morgan fingerprint density at radius 2 is 2.40 bits per heavy atom. The van der Waals surface area contributed by atoms with Crippen LogP contribution in [0.15, 0.2) is 24.3 Å². The molecule has 0 N–H and O–H groups in total. The van der Waals surface area contributed by atoms with Crippen LogP contribution in [-0.2, 0) is 11.2 Å². The lowest BCUT2D eigenvalue weighted by Crippen LogP contribution is -2.29. The molecular formula is C16H18N2O2. The third-order valence-corrected chi connectivity index (χ3v) is 3.28. The maximum atomic E-state index is 11.9. The molecule has 1 aliphatic heterocycles. The van der Waals surface area contributed by atoms with Crippen LogP contribution in [0.3, 0.4) is 0 Å². The number of carbonyl (C=O) groups excluding carboxylic acids is 1. The maximum absolute atomic E-state index is 11.9. The standard InChI is InChI=1S/C16H18N2O2/c1-12(10-17)11-18(2)16(19)6-4-13-3-5-15-14(9-13)7-8-20-15/h3-6,9,12H,7-8,11H2,1-2H3/b6-4+. The van der Waals surface area contributed by atoms with Gasteiger partial charge in [-0.2, -0.15) is 5.26 Å². The van der Waals surface area contributed by atoms with E-state index in [0.717, 1.165) is 24.3 Å². The van der Waals surface area contributed by atoms with Gasteiger partial charge >= 0.3 is 0 Å². The van der Waals surface area contributed by atoms with Crippen molar-refractivity contribution in [2.45, 2.75) is 13.3 Å². The van der Waals surface area contributed by atoms with Crippen molar-refractivity contribution in [3.05, 3.63) is 35.4 Å². The average Bonchev–Trinajstić information content (AvgIpc) is 2.91. The Morgan fingerprint density at radius 3 is 3.15 bits per heavy atom. The van der Waals surface area contributed by atoms with Gasteiger partial charge in [-0.15, -0.1) is 0 Å². The van der Waals surface area contributed by atoms with Crippen LogP contribution in [-0.4, -0.2) is 31.0 Å². The molecular weight excluding hydrogens is 252 g/mol. The zero-order valence-electron chi connectivity index (χ0n) is 11.8. The number of likely N-dealkylation sites (N-methyl/N-ethyl adjacent to an activating group) is 1. The summed E-state index contributed by atoms with van der Waals surface area (Å²) in [5, 5.41) is 8.75. The minimum atomic E-state index is -0.158. The molecule has 0 radical (unpaired) electrons. The number of nitriles is 1. The van der Waals surface area contributed by atoms with Crippen LogP contribution in [0.25, 0.3) is 6.08 Å². The lowest BCUT2D eigenvalue weighted by molar-refractivity contribution is -0.125. The smallest absolute Gasteiger partial charge is 0.246 e. The van der Waals surface area contributed by atoms with Crippen molar-refractivity contribution in [1.82, 2.24) is 4.90 Å². The molecule has 0 aliphatic carbocycles. The molecule has 104 valence electrons. The predicted octanol–water partition coefficient (Wildman–Crippen LogP) is 2.25. The summed E-state index contributed by atoms with van der Waals surface area (Å²) in [7, 11) is 1.71. The number of hydrogen-bond acceptors (Lipinski definition) is 3. The molecule has 2 rings (SSSR count). The summed E-state index contributed by atoms with van der Waals surface area (Å²) in [6, 6.07) is 8.04. The maximum Gasteiger partial charge on any atom is 0.246 e. The quantitative estimate of drug-likeness (QED) is 0.788. The Labute approximate surface area is 119 Å². The Bertz CT molecular complexity index is 572. The topological polar surface area (TPSA) is 53.3 Å². The van der Waals surface area contributed by atoms with Crippen molar-refractivity contribution in [3.63, 3.8) is 0 Å². The number of ether oxygens (including phenoxy) is 1. The number of nitrogens with zero attached hydrogens (tertiary/aromatic N) is 2. The van der Waals surface area contributed by atoms with Gasteiger partial charge in [0.2, 0.25) is 5.91 Å². The van der Waals surface area contributed by atoms with Crippen molar-refractivity contribution >= 4 is 12.0 Å². The largest absolute Gasteiger partial charge is 0.493 e. The van der Waals surface area contributed by atoms with E-state index in [4.69, 9.17) is 10.00 Å². The van der Waals surface area contributed by atoms with Crippen molar-refractivity contribution in [3.8, 4) is 11.8 Å². The van der Waals surface area contributed by atoms with Gasteiger partial charge in [-0.1, -0.05) is 6.07 Å². The summed E-state index contributed by atoms with van der Waals surface area (Å²) in [6.07, 6.45) is 4.26. The van der Waals surface area contributed by atoms with E-state index < -0.39 is 0 Å². The Balaban J connectivity index is 1.99. The summed E-state index contributed by atoms with van der Waals surface area (Å²) in [5.41, 5.74) is 2.18. The minimum Gasteiger partial charge on any atom is -0.493 e. The number of benzene rings is 1. The van der Waals surface area contributed by atoms with E-state index in [1.165, 1.54) is 5.56 Å². The van der Waals surface area contributed by atoms with Crippen LogP contribution in [0.2, 0.25) is 0 Å². The number of hydrogen-bond donors (Lipinski definition) is 0. The molecule has 1 amide bonds. The molecule has 0 bridgehead atoms. The third-order valence-electron chi connectivity index (χ3n) is 3.28. The molecule has 1 aromatic rings. The first-order valence-electron chi connectivity index (χ1n) is 6.68. The molecule has 0 saturated heterocycles. The van der Waals surface area contributed by atoms with Gasteiger partial charge in [0.1, 0.15) is 5.75 Å². The number of carbonyl (C=O) groups is 1. The second kappa shape index (κ2) is 6.25. The molecule has 1 aliphatic rings.